The number of nitrogens with zero attached hydrogens (tertiary/aromatic N) is 4. The van der Waals surface area contributed by atoms with Crippen LogP contribution in [-0.2, 0) is 6.54 Å². The van der Waals surface area contributed by atoms with Gasteiger partial charge in [0.25, 0.3) is 5.95 Å². The van der Waals surface area contributed by atoms with E-state index < -0.39 is 0 Å². The Morgan fingerprint density at radius 1 is 0.923 bits per heavy atom. The van der Waals surface area contributed by atoms with Crippen molar-refractivity contribution in [3.05, 3.63) is 93.8 Å². The molecule has 0 saturated heterocycles. The monoisotopic (exact) mass is 378 g/mol. The third kappa shape index (κ3) is 3.74. The standard InChI is InChI=1S/C20H15ClN4S/c21-17-9-7-16(8-10-17)18-14-26-20(24-19-22-11-4-12-23-19)25(18)13-15-5-2-1-3-6-15/h1-12,14H,13H2/b24-20-. The maximum Gasteiger partial charge on any atom is 0.251 e. The summed E-state index contributed by atoms with van der Waals surface area (Å²) in [6.45, 7) is 0.716. The van der Waals surface area contributed by atoms with E-state index in [0.29, 0.717) is 12.5 Å². The van der Waals surface area contributed by atoms with E-state index in [-0.39, 0.29) is 0 Å². The highest BCUT2D eigenvalue weighted by Crippen LogP contribution is 2.23. The van der Waals surface area contributed by atoms with Gasteiger partial charge in [-0.05, 0) is 29.3 Å². The number of hydrogen-bond acceptors (Lipinski definition) is 4. The predicted molar refractivity (Wildman–Crippen MR) is 106 cm³/mol. The molecule has 0 aliphatic rings. The molecule has 6 heteroatoms. The van der Waals surface area contributed by atoms with Crippen LogP contribution in [0.5, 0.6) is 0 Å². The van der Waals surface area contributed by atoms with Crippen LogP contribution >= 0.6 is 22.9 Å². The van der Waals surface area contributed by atoms with E-state index in [1.54, 1.807) is 29.8 Å². The van der Waals surface area contributed by atoms with Gasteiger partial charge in [0.15, 0.2) is 4.80 Å². The molecule has 0 atom stereocenters. The van der Waals surface area contributed by atoms with Crippen molar-refractivity contribution in [2.75, 3.05) is 0 Å². The smallest absolute Gasteiger partial charge is 0.251 e. The summed E-state index contributed by atoms with van der Waals surface area (Å²) in [5, 5.41) is 2.83. The summed E-state index contributed by atoms with van der Waals surface area (Å²) in [7, 11) is 0. The molecule has 4 nitrogen and oxygen atoms in total. The number of thiazole rings is 1. The second-order valence-electron chi connectivity index (χ2n) is 5.64. The van der Waals surface area contributed by atoms with Gasteiger partial charge < -0.3 is 4.57 Å². The number of hydrogen-bond donors (Lipinski definition) is 0. The van der Waals surface area contributed by atoms with E-state index in [1.165, 1.54) is 5.56 Å². The van der Waals surface area contributed by atoms with Gasteiger partial charge in [-0.2, -0.15) is 4.99 Å². The third-order valence-electron chi connectivity index (χ3n) is 3.87. The van der Waals surface area contributed by atoms with Crippen molar-refractivity contribution in [3.63, 3.8) is 0 Å². The first-order chi connectivity index (χ1) is 12.8. The number of aromatic nitrogens is 3. The van der Waals surface area contributed by atoms with Gasteiger partial charge in [0.05, 0.1) is 12.2 Å². The van der Waals surface area contributed by atoms with Gasteiger partial charge in [-0.3, -0.25) is 0 Å². The highest BCUT2D eigenvalue weighted by molar-refractivity contribution is 7.07. The predicted octanol–water partition coefficient (Wildman–Crippen LogP) is 4.94. The molecular weight excluding hydrogens is 364 g/mol. The molecule has 2 heterocycles. The zero-order chi connectivity index (χ0) is 17.8. The van der Waals surface area contributed by atoms with Crippen LogP contribution in [0.25, 0.3) is 11.3 Å². The van der Waals surface area contributed by atoms with Crippen LogP contribution in [0.15, 0.2) is 83.4 Å². The van der Waals surface area contributed by atoms with Crippen LogP contribution in [0.1, 0.15) is 5.56 Å². The maximum atomic E-state index is 6.04. The Balaban J connectivity index is 1.84. The normalized spacial score (nSPS) is 11.7. The van der Waals surface area contributed by atoms with E-state index in [1.807, 2.05) is 42.5 Å². The summed E-state index contributed by atoms with van der Waals surface area (Å²) in [5.74, 6) is 0.457. The summed E-state index contributed by atoms with van der Waals surface area (Å²) in [6, 6.07) is 20.0. The van der Waals surface area contributed by atoms with E-state index in [0.717, 1.165) is 21.1 Å². The largest absolute Gasteiger partial charge is 0.312 e. The van der Waals surface area contributed by atoms with Gasteiger partial charge in [0, 0.05) is 22.8 Å². The fourth-order valence-corrected chi connectivity index (χ4v) is 3.65. The molecule has 0 unspecified atom stereocenters. The molecule has 0 fully saturated rings. The molecule has 0 saturated carbocycles. The van der Waals surface area contributed by atoms with Crippen LogP contribution in [0.3, 0.4) is 0 Å². The minimum absolute atomic E-state index is 0.457. The molecule has 0 N–H and O–H groups in total. The maximum absolute atomic E-state index is 6.04. The third-order valence-corrected chi connectivity index (χ3v) is 4.98. The number of halogens is 1. The molecular formula is C20H15ClN4S. The molecule has 26 heavy (non-hydrogen) atoms. The second kappa shape index (κ2) is 7.64. The minimum atomic E-state index is 0.457. The molecule has 0 bridgehead atoms. The fraction of sp³-hybridized carbons (Fsp3) is 0.0500. The van der Waals surface area contributed by atoms with E-state index >= 15 is 0 Å². The summed E-state index contributed by atoms with van der Waals surface area (Å²) in [4.78, 5) is 13.9. The van der Waals surface area contributed by atoms with Crippen molar-refractivity contribution in [1.29, 1.82) is 0 Å². The lowest BCUT2D eigenvalue weighted by atomic mass is 10.1. The van der Waals surface area contributed by atoms with Crippen molar-refractivity contribution in [1.82, 2.24) is 14.5 Å². The molecule has 4 aromatic rings. The van der Waals surface area contributed by atoms with Crippen LogP contribution in [0.4, 0.5) is 5.95 Å². The van der Waals surface area contributed by atoms with Crippen molar-refractivity contribution >= 4 is 28.9 Å². The lowest BCUT2D eigenvalue weighted by Gasteiger charge is -2.09. The van der Waals surface area contributed by atoms with Crippen molar-refractivity contribution in [3.8, 4) is 11.3 Å². The summed E-state index contributed by atoms with van der Waals surface area (Å²) >= 11 is 7.61. The van der Waals surface area contributed by atoms with Gasteiger partial charge in [0.1, 0.15) is 0 Å². The Morgan fingerprint density at radius 2 is 1.65 bits per heavy atom. The number of benzene rings is 2. The Morgan fingerprint density at radius 3 is 2.38 bits per heavy atom. The molecule has 128 valence electrons. The molecule has 0 radical (unpaired) electrons. The van der Waals surface area contributed by atoms with Gasteiger partial charge in [-0.25, -0.2) is 9.97 Å². The minimum Gasteiger partial charge on any atom is -0.312 e. The topological polar surface area (TPSA) is 43.1 Å². The SMILES string of the molecule is Clc1ccc(-c2cs/c(=N\c3ncccn3)n2Cc2ccccc2)cc1. The molecule has 2 aromatic heterocycles. The Labute approximate surface area is 160 Å². The highest BCUT2D eigenvalue weighted by atomic mass is 35.5. The Kier molecular flexibility index (Phi) is 4.91. The second-order valence-corrected chi connectivity index (χ2v) is 6.92. The van der Waals surface area contributed by atoms with Crippen LogP contribution in [0, 0.1) is 0 Å². The summed E-state index contributed by atoms with van der Waals surface area (Å²) < 4.78 is 2.18. The summed E-state index contributed by atoms with van der Waals surface area (Å²) in [6.07, 6.45) is 3.39. The fourth-order valence-electron chi connectivity index (χ4n) is 2.62. The quantitative estimate of drug-likeness (QED) is 0.504. The van der Waals surface area contributed by atoms with Crippen LogP contribution in [0.2, 0.25) is 5.02 Å². The first kappa shape index (κ1) is 16.7. The van der Waals surface area contributed by atoms with Crippen molar-refractivity contribution in [2.45, 2.75) is 6.54 Å². The first-order valence-electron chi connectivity index (χ1n) is 8.09. The van der Waals surface area contributed by atoms with Crippen LogP contribution < -0.4 is 4.80 Å². The molecule has 0 spiro atoms. The highest BCUT2D eigenvalue weighted by Gasteiger charge is 2.09. The molecule has 0 aliphatic carbocycles. The van der Waals surface area contributed by atoms with Gasteiger partial charge in [0.2, 0.25) is 0 Å². The first-order valence-corrected chi connectivity index (χ1v) is 9.35. The van der Waals surface area contributed by atoms with Gasteiger partial charge in [-0.1, -0.05) is 54.1 Å². The van der Waals surface area contributed by atoms with Crippen molar-refractivity contribution < 1.29 is 0 Å². The van der Waals surface area contributed by atoms with E-state index in [4.69, 9.17) is 11.6 Å². The number of rotatable bonds is 4. The lowest BCUT2D eigenvalue weighted by Crippen LogP contribution is -2.17. The van der Waals surface area contributed by atoms with Crippen molar-refractivity contribution in [2.24, 2.45) is 4.99 Å². The average Bonchev–Trinajstić information content (AvgIpc) is 3.06. The lowest BCUT2D eigenvalue weighted by molar-refractivity contribution is 0.775. The van der Waals surface area contributed by atoms with E-state index in [9.17, 15) is 0 Å². The summed E-state index contributed by atoms with van der Waals surface area (Å²) in [5.41, 5.74) is 3.39. The molecule has 2 aromatic carbocycles. The van der Waals surface area contributed by atoms with E-state index in [2.05, 4.69) is 37.0 Å². The molecule has 0 aliphatic heterocycles. The average molecular weight is 379 g/mol. The molecule has 4 rings (SSSR count). The molecule has 0 amide bonds. The zero-order valence-corrected chi connectivity index (χ0v) is 15.4. The Hall–Kier alpha value is -2.76. The van der Waals surface area contributed by atoms with Gasteiger partial charge in [-0.15, -0.1) is 11.3 Å². The zero-order valence-electron chi connectivity index (χ0n) is 13.8. The van der Waals surface area contributed by atoms with Gasteiger partial charge >= 0.3 is 0 Å². The van der Waals surface area contributed by atoms with Crippen LogP contribution in [-0.4, -0.2) is 14.5 Å². The Bertz CT molecular complexity index is 1050.